The van der Waals surface area contributed by atoms with Gasteiger partial charge in [-0.3, -0.25) is 4.79 Å². The number of para-hydroxylation sites is 1. The second-order valence-corrected chi connectivity index (χ2v) is 7.62. The van der Waals surface area contributed by atoms with Gasteiger partial charge < -0.3 is 4.74 Å². The zero-order valence-electron chi connectivity index (χ0n) is 16.7. The van der Waals surface area contributed by atoms with Crippen LogP contribution in [-0.2, 0) is 17.8 Å². The van der Waals surface area contributed by atoms with E-state index >= 15 is 0 Å². The van der Waals surface area contributed by atoms with Gasteiger partial charge in [-0.1, -0.05) is 60.1 Å². The van der Waals surface area contributed by atoms with E-state index in [9.17, 15) is 4.79 Å². The fourth-order valence-electron chi connectivity index (χ4n) is 3.42. The maximum atomic E-state index is 12.2. The van der Waals surface area contributed by atoms with Gasteiger partial charge >= 0.3 is 0 Å². The summed E-state index contributed by atoms with van der Waals surface area (Å²) in [6, 6.07) is 26.6. The number of hydrogen-bond donors (Lipinski definition) is 1. The molecule has 0 fully saturated rings. The van der Waals surface area contributed by atoms with Crippen molar-refractivity contribution in [3.63, 3.8) is 0 Å². The summed E-state index contributed by atoms with van der Waals surface area (Å²) in [6.45, 7) is 0.369. The van der Waals surface area contributed by atoms with Crippen molar-refractivity contribution in [3.8, 4) is 5.75 Å². The third kappa shape index (κ3) is 5.13. The first-order valence-corrected chi connectivity index (χ1v) is 10.2. The summed E-state index contributed by atoms with van der Waals surface area (Å²) in [7, 11) is 0. The fourth-order valence-corrected chi connectivity index (χ4v) is 3.55. The molecule has 0 aliphatic heterocycles. The van der Waals surface area contributed by atoms with Crippen LogP contribution in [0.5, 0.6) is 5.75 Å². The minimum Gasteiger partial charge on any atom is -0.487 e. The van der Waals surface area contributed by atoms with Crippen LogP contribution in [0, 0.1) is 5.53 Å². The van der Waals surface area contributed by atoms with Crippen molar-refractivity contribution < 1.29 is 9.53 Å². The Hall–Kier alpha value is -3.57. The van der Waals surface area contributed by atoms with Crippen LogP contribution < -0.4 is 4.74 Å². The third-order valence-electron chi connectivity index (χ3n) is 5.09. The number of carbonyl (C=O) groups is 1. The van der Waals surface area contributed by atoms with Gasteiger partial charge in [0.05, 0.1) is 17.1 Å². The molecule has 1 aromatic heterocycles. The summed E-state index contributed by atoms with van der Waals surface area (Å²) in [5.41, 5.74) is 10.7. The number of rotatable bonds is 7. The zero-order chi connectivity index (χ0) is 21.6. The van der Waals surface area contributed by atoms with Crippen LogP contribution in [0.3, 0.4) is 0 Å². The predicted octanol–water partition coefficient (Wildman–Crippen LogP) is 6.35. The van der Waals surface area contributed by atoms with Crippen molar-refractivity contribution in [2.45, 2.75) is 18.9 Å². The average Bonchev–Trinajstić information content (AvgIpc) is 2.82. The highest BCUT2D eigenvalue weighted by molar-refractivity contribution is 6.30. The Bertz CT molecular complexity index is 1210. The van der Waals surface area contributed by atoms with Gasteiger partial charge in [0.1, 0.15) is 12.4 Å². The molecule has 0 saturated heterocycles. The molecule has 1 N–H and O–H groups in total. The lowest BCUT2D eigenvalue weighted by molar-refractivity contribution is -0.120. The summed E-state index contributed by atoms with van der Waals surface area (Å²) >= 11 is 5.95. The molecule has 0 aliphatic carbocycles. The highest BCUT2D eigenvalue weighted by Crippen LogP contribution is 2.25. The van der Waals surface area contributed by atoms with Crippen molar-refractivity contribution in [1.29, 1.82) is 5.53 Å². The Morgan fingerprint density at radius 2 is 1.71 bits per heavy atom. The molecular weight excluding hydrogens is 410 g/mol. The largest absolute Gasteiger partial charge is 0.487 e. The number of nitrogens with zero attached hydrogens (tertiary/aromatic N) is 2. The van der Waals surface area contributed by atoms with Gasteiger partial charge in [0.15, 0.2) is 0 Å². The number of aromatic nitrogens is 1. The highest BCUT2D eigenvalue weighted by atomic mass is 35.5. The number of amides is 1. The molecule has 0 aliphatic rings. The van der Waals surface area contributed by atoms with Gasteiger partial charge in [-0.25, -0.2) is 10.5 Å². The van der Waals surface area contributed by atoms with Crippen LogP contribution >= 0.6 is 11.6 Å². The zero-order valence-corrected chi connectivity index (χ0v) is 17.4. The topological polar surface area (TPSA) is 75.4 Å². The van der Waals surface area contributed by atoms with E-state index in [2.05, 4.69) is 10.1 Å². The van der Waals surface area contributed by atoms with E-state index in [1.807, 2.05) is 60.7 Å². The van der Waals surface area contributed by atoms with E-state index in [0.29, 0.717) is 18.1 Å². The van der Waals surface area contributed by atoms with E-state index in [1.54, 1.807) is 24.3 Å². The van der Waals surface area contributed by atoms with Gasteiger partial charge in [-0.05, 0) is 53.9 Å². The SMILES string of the molecule is N=NC(=O)C(Cc1ccc(OCc2ccc3ccccc3n2)cc1)c1ccc(Cl)cc1. The number of hydrogen-bond acceptors (Lipinski definition) is 4. The molecule has 0 spiro atoms. The van der Waals surface area contributed by atoms with Gasteiger partial charge in [0, 0.05) is 10.4 Å². The Labute approximate surface area is 185 Å². The van der Waals surface area contributed by atoms with E-state index in [1.165, 1.54) is 0 Å². The highest BCUT2D eigenvalue weighted by Gasteiger charge is 2.21. The lowest BCUT2D eigenvalue weighted by atomic mass is 9.91. The molecule has 6 heteroatoms. The number of pyridine rings is 1. The lowest BCUT2D eigenvalue weighted by Crippen LogP contribution is -2.12. The summed E-state index contributed by atoms with van der Waals surface area (Å²) in [6.07, 6.45) is 0.440. The summed E-state index contributed by atoms with van der Waals surface area (Å²) < 4.78 is 5.87. The molecule has 3 aromatic carbocycles. The molecule has 31 heavy (non-hydrogen) atoms. The maximum Gasteiger partial charge on any atom is 0.271 e. The second kappa shape index (κ2) is 9.49. The Morgan fingerprint density at radius 1 is 0.968 bits per heavy atom. The molecular formula is C25H20ClN3O2. The van der Waals surface area contributed by atoms with Crippen LogP contribution in [0.25, 0.3) is 10.9 Å². The number of benzene rings is 3. The van der Waals surface area contributed by atoms with E-state index < -0.39 is 11.8 Å². The molecule has 0 bridgehead atoms. The Kier molecular flexibility index (Phi) is 6.34. The average molecular weight is 430 g/mol. The maximum absolute atomic E-state index is 12.2. The van der Waals surface area contributed by atoms with Crippen LogP contribution in [0.15, 0.2) is 90.0 Å². The van der Waals surface area contributed by atoms with E-state index in [4.69, 9.17) is 21.9 Å². The van der Waals surface area contributed by atoms with Crippen molar-refractivity contribution in [2.75, 3.05) is 0 Å². The Morgan fingerprint density at radius 3 is 2.45 bits per heavy atom. The second-order valence-electron chi connectivity index (χ2n) is 7.19. The van der Waals surface area contributed by atoms with Crippen molar-refractivity contribution in [3.05, 3.63) is 107 Å². The standard InChI is InChI=1S/C25H20ClN3O2/c26-20-10-7-18(8-11-20)23(25(30)29-27)15-17-5-13-22(14-6-17)31-16-21-12-9-19-3-1-2-4-24(19)28-21/h1-14,23,27H,15-16H2. The van der Waals surface area contributed by atoms with Crippen LogP contribution in [0.4, 0.5) is 0 Å². The lowest BCUT2D eigenvalue weighted by Gasteiger charge is -2.14. The fraction of sp³-hybridized carbons (Fsp3) is 0.120. The van der Waals surface area contributed by atoms with Gasteiger partial charge in [0.25, 0.3) is 5.91 Å². The first kappa shape index (κ1) is 20.7. The number of nitrogens with one attached hydrogen (secondary N) is 1. The molecule has 5 nitrogen and oxygen atoms in total. The normalized spacial score (nSPS) is 11.8. The van der Waals surface area contributed by atoms with Gasteiger partial charge in [-0.15, -0.1) is 5.11 Å². The summed E-state index contributed by atoms with van der Waals surface area (Å²) in [5.74, 6) is -0.286. The molecule has 4 rings (SSSR count). The predicted molar refractivity (Wildman–Crippen MR) is 121 cm³/mol. The number of ether oxygens (including phenoxy) is 1. The van der Waals surface area contributed by atoms with Crippen LogP contribution in [-0.4, -0.2) is 10.9 Å². The monoisotopic (exact) mass is 429 g/mol. The Balaban J connectivity index is 1.43. The molecule has 154 valence electrons. The summed E-state index contributed by atoms with van der Waals surface area (Å²) in [5, 5.41) is 4.83. The summed E-state index contributed by atoms with van der Waals surface area (Å²) in [4.78, 5) is 16.8. The molecule has 1 unspecified atom stereocenters. The van der Waals surface area contributed by atoms with Crippen molar-refractivity contribution >= 4 is 28.4 Å². The third-order valence-corrected chi connectivity index (χ3v) is 5.34. The number of fused-ring (bicyclic) bond motifs is 1. The minimum atomic E-state index is -0.525. The molecule has 1 amide bonds. The molecule has 1 atom stereocenters. The number of halogens is 1. The first-order valence-electron chi connectivity index (χ1n) is 9.85. The molecule has 1 heterocycles. The van der Waals surface area contributed by atoms with Crippen LogP contribution in [0.1, 0.15) is 22.7 Å². The molecule has 0 saturated carbocycles. The van der Waals surface area contributed by atoms with Gasteiger partial charge in [-0.2, -0.15) is 0 Å². The number of carbonyl (C=O) groups excluding carboxylic acids is 1. The smallest absolute Gasteiger partial charge is 0.271 e. The van der Waals surface area contributed by atoms with Crippen molar-refractivity contribution in [1.82, 2.24) is 4.98 Å². The van der Waals surface area contributed by atoms with Gasteiger partial charge in [0.2, 0.25) is 0 Å². The van der Waals surface area contributed by atoms with Crippen LogP contribution in [0.2, 0.25) is 5.02 Å². The quantitative estimate of drug-likeness (QED) is 0.348. The minimum absolute atomic E-state index is 0.369. The van der Waals surface area contributed by atoms with E-state index in [-0.39, 0.29) is 0 Å². The first-order chi connectivity index (χ1) is 15.1. The van der Waals surface area contributed by atoms with Crippen molar-refractivity contribution in [2.24, 2.45) is 5.11 Å². The molecule has 0 radical (unpaired) electrons. The molecule has 4 aromatic rings. The van der Waals surface area contributed by atoms with E-state index in [0.717, 1.165) is 33.5 Å².